The fraction of sp³-hybridized carbons (Fsp3) is 0.750. The number of carbonyl (C=O) groups is 2. The Morgan fingerprint density at radius 2 is 1.89 bits per heavy atom. The van der Waals surface area contributed by atoms with Gasteiger partial charge in [-0.3, -0.25) is 0 Å². The van der Waals surface area contributed by atoms with Gasteiger partial charge in [0.2, 0.25) is 0 Å². The van der Waals surface area contributed by atoms with Crippen LogP contribution in [0.15, 0.2) is 0 Å². The number of carboxylic acids is 1. The van der Waals surface area contributed by atoms with Crippen molar-refractivity contribution in [1.29, 1.82) is 5.26 Å². The number of nitrogens with zero attached hydrogens (tertiary/aromatic N) is 3. The Morgan fingerprint density at radius 3 is 2.22 bits per heavy atom. The Balaban J connectivity index is 4.99. The summed E-state index contributed by atoms with van der Waals surface area (Å²) in [5.41, 5.74) is -1.28. The van der Waals surface area contributed by atoms with Gasteiger partial charge < -0.3 is 14.9 Å². The smallest absolute Gasteiger partial charge is 0.329 e. The molecule has 0 aliphatic heterocycles. The first-order valence-electron chi connectivity index (χ1n) is 5.81. The number of hydrogen-bond acceptors (Lipinski definition) is 3. The molecule has 0 fully saturated rings. The molecule has 0 aliphatic carbocycles. The highest BCUT2D eigenvalue weighted by Crippen LogP contribution is 2.16. The van der Waals surface area contributed by atoms with Gasteiger partial charge in [0.25, 0.3) is 0 Å². The quantitative estimate of drug-likeness (QED) is 0.807. The second-order valence-electron chi connectivity index (χ2n) is 4.90. The molecule has 18 heavy (non-hydrogen) atoms. The first kappa shape index (κ1) is 16.2. The van der Waals surface area contributed by atoms with E-state index in [1.165, 1.54) is 30.7 Å². The van der Waals surface area contributed by atoms with E-state index >= 15 is 0 Å². The van der Waals surface area contributed by atoms with E-state index < -0.39 is 11.5 Å². The second kappa shape index (κ2) is 6.24. The van der Waals surface area contributed by atoms with Crippen molar-refractivity contribution >= 4 is 12.0 Å². The SMILES string of the molecule is CC(C)N(CCC#N)C(=O)N(C)C(C)(C)C(=O)O. The van der Waals surface area contributed by atoms with Crippen molar-refractivity contribution in [2.45, 2.75) is 45.7 Å². The normalized spacial score (nSPS) is 10.9. The lowest BCUT2D eigenvalue weighted by atomic mass is 10.0. The maximum atomic E-state index is 12.2. The van der Waals surface area contributed by atoms with Gasteiger partial charge >= 0.3 is 12.0 Å². The van der Waals surface area contributed by atoms with E-state index in [1.54, 1.807) is 0 Å². The van der Waals surface area contributed by atoms with Crippen molar-refractivity contribution in [2.24, 2.45) is 0 Å². The Bertz CT molecular complexity index is 358. The largest absolute Gasteiger partial charge is 0.480 e. The minimum Gasteiger partial charge on any atom is -0.480 e. The summed E-state index contributed by atoms with van der Waals surface area (Å²) in [7, 11) is 1.46. The van der Waals surface area contributed by atoms with E-state index in [9.17, 15) is 9.59 Å². The zero-order chi connectivity index (χ0) is 14.5. The molecule has 2 amide bonds. The number of hydrogen-bond donors (Lipinski definition) is 1. The highest BCUT2D eigenvalue weighted by Gasteiger charge is 2.37. The van der Waals surface area contributed by atoms with Crippen molar-refractivity contribution in [1.82, 2.24) is 9.80 Å². The van der Waals surface area contributed by atoms with E-state index in [4.69, 9.17) is 10.4 Å². The summed E-state index contributed by atoms with van der Waals surface area (Å²) in [5, 5.41) is 17.7. The minimum absolute atomic E-state index is 0.0853. The van der Waals surface area contributed by atoms with E-state index in [0.717, 1.165) is 0 Å². The third-order valence-electron chi connectivity index (χ3n) is 2.98. The standard InChI is InChI=1S/C12H21N3O3/c1-9(2)15(8-6-7-13)11(18)14(5)12(3,4)10(16)17/h9H,6,8H2,1-5H3,(H,16,17). The predicted octanol–water partition coefficient (Wildman–Crippen LogP) is 1.53. The molecule has 6 heteroatoms. The van der Waals surface area contributed by atoms with Crippen LogP contribution in [-0.4, -0.2) is 52.1 Å². The molecular weight excluding hydrogens is 234 g/mol. The molecule has 0 aromatic heterocycles. The minimum atomic E-state index is -1.28. The van der Waals surface area contributed by atoms with Gasteiger partial charge in [0, 0.05) is 19.6 Å². The number of aliphatic carboxylic acids is 1. The average molecular weight is 255 g/mol. The van der Waals surface area contributed by atoms with Crippen LogP contribution in [0.5, 0.6) is 0 Å². The maximum absolute atomic E-state index is 12.2. The summed E-state index contributed by atoms with van der Waals surface area (Å²) >= 11 is 0. The summed E-state index contributed by atoms with van der Waals surface area (Å²) < 4.78 is 0. The Hall–Kier alpha value is -1.77. The van der Waals surface area contributed by atoms with Gasteiger partial charge in [-0.25, -0.2) is 9.59 Å². The van der Waals surface area contributed by atoms with Crippen LogP contribution >= 0.6 is 0 Å². The maximum Gasteiger partial charge on any atom is 0.329 e. The van der Waals surface area contributed by atoms with Crippen LogP contribution in [0.25, 0.3) is 0 Å². The first-order chi connectivity index (χ1) is 8.16. The average Bonchev–Trinajstić information content (AvgIpc) is 2.27. The number of carbonyl (C=O) groups excluding carboxylic acids is 1. The van der Waals surface area contributed by atoms with Crippen molar-refractivity contribution in [2.75, 3.05) is 13.6 Å². The summed E-state index contributed by atoms with van der Waals surface area (Å²) in [6.45, 7) is 6.90. The van der Waals surface area contributed by atoms with Gasteiger partial charge in [-0.1, -0.05) is 0 Å². The van der Waals surface area contributed by atoms with Crippen molar-refractivity contribution in [3.05, 3.63) is 0 Å². The van der Waals surface area contributed by atoms with Crippen LogP contribution in [0.3, 0.4) is 0 Å². The van der Waals surface area contributed by atoms with E-state index in [1.807, 2.05) is 19.9 Å². The molecule has 0 aliphatic rings. The predicted molar refractivity (Wildman–Crippen MR) is 66.9 cm³/mol. The molecule has 0 atom stereocenters. The van der Waals surface area contributed by atoms with Crippen molar-refractivity contribution < 1.29 is 14.7 Å². The molecular formula is C12H21N3O3. The van der Waals surface area contributed by atoms with Crippen molar-refractivity contribution in [3.8, 4) is 6.07 Å². The van der Waals surface area contributed by atoms with Crippen LogP contribution in [-0.2, 0) is 4.79 Å². The second-order valence-corrected chi connectivity index (χ2v) is 4.90. The third-order valence-corrected chi connectivity index (χ3v) is 2.98. The summed E-state index contributed by atoms with van der Waals surface area (Å²) in [4.78, 5) is 26.0. The van der Waals surface area contributed by atoms with Crippen LogP contribution in [0, 0.1) is 11.3 Å². The van der Waals surface area contributed by atoms with Crippen LogP contribution in [0.1, 0.15) is 34.1 Å². The Kier molecular flexibility index (Phi) is 5.63. The van der Waals surface area contributed by atoms with E-state index in [0.29, 0.717) is 6.54 Å². The zero-order valence-electron chi connectivity index (χ0n) is 11.6. The summed E-state index contributed by atoms with van der Waals surface area (Å²) in [6, 6.07) is 1.51. The van der Waals surface area contributed by atoms with E-state index in [2.05, 4.69) is 0 Å². The molecule has 102 valence electrons. The molecule has 0 radical (unpaired) electrons. The Labute approximate surface area is 108 Å². The van der Waals surface area contributed by atoms with Gasteiger partial charge in [0.1, 0.15) is 5.54 Å². The fourth-order valence-electron chi connectivity index (χ4n) is 1.32. The molecule has 0 rings (SSSR count). The molecule has 0 aromatic carbocycles. The lowest BCUT2D eigenvalue weighted by Gasteiger charge is -2.37. The molecule has 0 spiro atoms. The monoisotopic (exact) mass is 255 g/mol. The molecule has 6 nitrogen and oxygen atoms in total. The molecule has 0 saturated carbocycles. The molecule has 0 aromatic rings. The van der Waals surface area contributed by atoms with Crippen LogP contribution < -0.4 is 0 Å². The summed E-state index contributed by atoms with van der Waals surface area (Å²) in [5.74, 6) is -1.07. The highest BCUT2D eigenvalue weighted by atomic mass is 16.4. The van der Waals surface area contributed by atoms with E-state index in [-0.39, 0.29) is 18.5 Å². The van der Waals surface area contributed by atoms with Crippen LogP contribution in [0.2, 0.25) is 0 Å². The number of urea groups is 1. The highest BCUT2D eigenvalue weighted by molar-refractivity contribution is 5.85. The number of likely N-dealkylation sites (N-methyl/N-ethyl adjacent to an activating group) is 1. The van der Waals surface area contributed by atoms with Gasteiger partial charge in [-0.05, 0) is 27.7 Å². The topological polar surface area (TPSA) is 84.6 Å². The number of rotatable bonds is 5. The van der Waals surface area contributed by atoms with Gasteiger partial charge in [-0.2, -0.15) is 5.26 Å². The van der Waals surface area contributed by atoms with Gasteiger partial charge in [0.05, 0.1) is 12.5 Å². The molecule has 0 bridgehead atoms. The van der Waals surface area contributed by atoms with Crippen LogP contribution in [0.4, 0.5) is 4.79 Å². The zero-order valence-corrected chi connectivity index (χ0v) is 11.6. The number of carboxylic acid groups (broad SMARTS) is 1. The fourth-order valence-corrected chi connectivity index (χ4v) is 1.32. The Morgan fingerprint density at radius 1 is 1.39 bits per heavy atom. The summed E-state index contributed by atoms with van der Waals surface area (Å²) in [6.07, 6.45) is 0.227. The molecule has 0 unspecified atom stereocenters. The first-order valence-corrected chi connectivity index (χ1v) is 5.81. The molecule has 1 N–H and O–H groups in total. The van der Waals surface area contributed by atoms with Crippen molar-refractivity contribution in [3.63, 3.8) is 0 Å². The number of amides is 2. The lowest BCUT2D eigenvalue weighted by Crippen LogP contribution is -2.56. The molecule has 0 saturated heterocycles. The lowest BCUT2D eigenvalue weighted by molar-refractivity contribution is -0.147. The van der Waals surface area contributed by atoms with Gasteiger partial charge in [0.15, 0.2) is 0 Å². The molecule has 0 heterocycles. The third kappa shape index (κ3) is 3.62. The number of nitriles is 1. The van der Waals surface area contributed by atoms with Gasteiger partial charge in [-0.15, -0.1) is 0 Å².